The van der Waals surface area contributed by atoms with Gasteiger partial charge in [-0.15, -0.1) is 0 Å². The number of methoxy groups -OCH3 is 1. The molecule has 2 aliphatic rings. The molecule has 2 fully saturated rings. The van der Waals surface area contributed by atoms with E-state index in [0.717, 1.165) is 80.0 Å². The molecule has 2 N–H and O–H groups in total. The van der Waals surface area contributed by atoms with E-state index in [1.54, 1.807) is 13.3 Å². The number of hydrogen-bond acceptors (Lipinski definition) is 9. The predicted molar refractivity (Wildman–Crippen MR) is 180 cm³/mol. The van der Waals surface area contributed by atoms with E-state index in [9.17, 15) is 4.79 Å². The quantitative estimate of drug-likeness (QED) is 0.257. The zero-order chi connectivity index (χ0) is 31.5. The number of rotatable bonds is 9. The number of ether oxygens (including phenoxy) is 1. The van der Waals surface area contributed by atoms with Crippen molar-refractivity contribution >= 4 is 39.8 Å². The molecule has 0 aliphatic carbocycles. The second-order valence-electron chi connectivity index (χ2n) is 12.1. The van der Waals surface area contributed by atoms with Crippen molar-refractivity contribution in [1.82, 2.24) is 29.5 Å². The first-order valence-corrected chi connectivity index (χ1v) is 15.7. The van der Waals surface area contributed by atoms with E-state index >= 15 is 0 Å². The van der Waals surface area contributed by atoms with Crippen LogP contribution < -0.4 is 20.3 Å². The molecule has 2 saturated heterocycles. The summed E-state index contributed by atoms with van der Waals surface area (Å²) in [5.41, 5.74) is 5.06. The van der Waals surface area contributed by atoms with Gasteiger partial charge in [0.2, 0.25) is 11.9 Å². The van der Waals surface area contributed by atoms with Gasteiger partial charge in [0.25, 0.3) is 0 Å². The molecular formula is C34H43N9O2. The van der Waals surface area contributed by atoms with Crippen LogP contribution in [0.1, 0.15) is 26.7 Å². The lowest BCUT2D eigenvalue weighted by molar-refractivity contribution is -0.111. The van der Waals surface area contributed by atoms with E-state index in [-0.39, 0.29) is 5.91 Å². The number of anilines is 4. The lowest BCUT2D eigenvalue weighted by Gasteiger charge is -2.44. The molecule has 0 bridgehead atoms. The molecule has 45 heavy (non-hydrogen) atoms. The average Bonchev–Trinajstić information content (AvgIpc) is 3.44. The van der Waals surface area contributed by atoms with Crippen molar-refractivity contribution < 1.29 is 9.53 Å². The van der Waals surface area contributed by atoms with Gasteiger partial charge in [0.15, 0.2) is 0 Å². The van der Waals surface area contributed by atoms with Crippen LogP contribution in [-0.4, -0.2) is 93.9 Å². The number of benzene rings is 2. The Balaban J connectivity index is 1.21. The molecule has 11 heteroatoms. The van der Waals surface area contributed by atoms with Crippen LogP contribution in [0.4, 0.5) is 23.0 Å². The molecular weight excluding hydrogens is 566 g/mol. The van der Waals surface area contributed by atoms with Crippen molar-refractivity contribution in [3.63, 3.8) is 0 Å². The molecule has 1 amide bonds. The van der Waals surface area contributed by atoms with Gasteiger partial charge in [-0.3, -0.25) is 19.3 Å². The Kier molecular flexibility index (Phi) is 8.99. The number of carbonyl (C=O) groups is 1. The molecule has 0 unspecified atom stereocenters. The minimum atomic E-state index is -0.269. The SMILES string of the molecule is C=CC(=O)Nc1cc(Nc2nccc(-c3ccc4c(cnn4C)c3)n2)c(OC)cc1N1CCC(N2CCN(C(C)C)CC2)CC1. The predicted octanol–water partition coefficient (Wildman–Crippen LogP) is 4.90. The van der Waals surface area contributed by atoms with Crippen molar-refractivity contribution in [2.75, 3.05) is 61.9 Å². The smallest absolute Gasteiger partial charge is 0.247 e. The van der Waals surface area contributed by atoms with Crippen LogP contribution in [0, 0.1) is 0 Å². The van der Waals surface area contributed by atoms with E-state index in [2.05, 4.69) is 61.9 Å². The number of carbonyl (C=O) groups excluding carboxylic acids is 1. The van der Waals surface area contributed by atoms with Crippen LogP contribution in [-0.2, 0) is 11.8 Å². The summed E-state index contributed by atoms with van der Waals surface area (Å²) in [6.07, 6.45) is 7.01. The van der Waals surface area contributed by atoms with Crippen molar-refractivity contribution in [1.29, 1.82) is 0 Å². The van der Waals surface area contributed by atoms with Crippen LogP contribution in [0.15, 0.2) is 61.4 Å². The maximum atomic E-state index is 12.5. The van der Waals surface area contributed by atoms with Crippen molar-refractivity contribution in [3.05, 3.63) is 61.4 Å². The number of piperazine rings is 1. The summed E-state index contributed by atoms with van der Waals surface area (Å²) in [7, 11) is 3.58. The Morgan fingerprint density at radius 3 is 2.53 bits per heavy atom. The van der Waals surface area contributed by atoms with E-state index in [4.69, 9.17) is 9.72 Å². The molecule has 2 aromatic heterocycles. The number of nitrogens with one attached hydrogen (secondary N) is 2. The number of aryl methyl sites for hydroxylation is 1. The maximum Gasteiger partial charge on any atom is 0.247 e. The van der Waals surface area contributed by atoms with Gasteiger partial charge < -0.3 is 20.3 Å². The number of piperidine rings is 1. The van der Waals surface area contributed by atoms with Gasteiger partial charge in [-0.25, -0.2) is 9.97 Å². The number of hydrogen-bond donors (Lipinski definition) is 2. The Bertz CT molecular complexity index is 1670. The number of aromatic nitrogens is 4. The second-order valence-corrected chi connectivity index (χ2v) is 12.1. The summed E-state index contributed by atoms with van der Waals surface area (Å²) >= 11 is 0. The molecule has 4 aromatic rings. The highest BCUT2D eigenvalue weighted by atomic mass is 16.5. The van der Waals surface area contributed by atoms with Crippen LogP contribution in [0.2, 0.25) is 0 Å². The summed E-state index contributed by atoms with van der Waals surface area (Å²) in [6, 6.07) is 13.1. The summed E-state index contributed by atoms with van der Waals surface area (Å²) < 4.78 is 7.70. The number of amides is 1. The third kappa shape index (κ3) is 6.64. The first kappa shape index (κ1) is 30.5. The Morgan fingerprint density at radius 2 is 1.82 bits per heavy atom. The summed E-state index contributed by atoms with van der Waals surface area (Å²) in [5, 5.41) is 11.7. The van der Waals surface area contributed by atoms with Gasteiger partial charge >= 0.3 is 0 Å². The number of nitrogens with zero attached hydrogens (tertiary/aromatic N) is 7. The van der Waals surface area contributed by atoms with Gasteiger partial charge in [-0.05, 0) is 57.0 Å². The van der Waals surface area contributed by atoms with Crippen molar-refractivity contribution in [2.24, 2.45) is 7.05 Å². The minimum Gasteiger partial charge on any atom is -0.494 e. The van der Waals surface area contributed by atoms with Gasteiger partial charge in [0.05, 0.1) is 41.6 Å². The highest BCUT2D eigenvalue weighted by Crippen LogP contribution is 2.39. The summed E-state index contributed by atoms with van der Waals surface area (Å²) in [4.78, 5) is 29.4. The Labute approximate surface area is 264 Å². The monoisotopic (exact) mass is 609 g/mol. The highest BCUT2D eigenvalue weighted by molar-refractivity contribution is 6.02. The third-order valence-corrected chi connectivity index (χ3v) is 9.11. The van der Waals surface area contributed by atoms with E-state index in [1.165, 1.54) is 6.08 Å². The molecule has 4 heterocycles. The second kappa shape index (κ2) is 13.3. The molecule has 0 atom stereocenters. The zero-order valence-corrected chi connectivity index (χ0v) is 26.7. The van der Waals surface area contributed by atoms with E-state index in [1.807, 2.05) is 48.3 Å². The standard InChI is InChI=1S/C34H43N9O2/c1-6-33(44)37-28-20-29(39-34-35-12-9-27(38-34)24-7-8-30-25(19-24)22-36-40(30)4)32(45-5)21-31(28)43-13-10-26(11-14-43)42-17-15-41(16-18-42)23(2)3/h6-9,12,19-23,26H,1,10-11,13-18H2,2-5H3,(H,37,44)(H,35,38,39). The van der Waals surface area contributed by atoms with Gasteiger partial charge in [0, 0.05) is 81.6 Å². The van der Waals surface area contributed by atoms with Gasteiger partial charge in [-0.1, -0.05) is 12.6 Å². The first-order valence-electron chi connectivity index (χ1n) is 15.7. The lowest BCUT2D eigenvalue weighted by Crippen LogP contribution is -2.54. The van der Waals surface area contributed by atoms with Crippen molar-refractivity contribution in [3.8, 4) is 17.0 Å². The highest BCUT2D eigenvalue weighted by Gasteiger charge is 2.29. The molecule has 6 rings (SSSR count). The molecule has 0 radical (unpaired) electrons. The molecule has 2 aliphatic heterocycles. The zero-order valence-electron chi connectivity index (χ0n) is 26.7. The van der Waals surface area contributed by atoms with Crippen LogP contribution in [0.5, 0.6) is 5.75 Å². The summed E-state index contributed by atoms with van der Waals surface area (Å²) in [6.45, 7) is 14.5. The van der Waals surface area contributed by atoms with Gasteiger partial charge in [-0.2, -0.15) is 5.10 Å². The topological polar surface area (TPSA) is 104 Å². The normalized spacial score (nSPS) is 16.7. The first-order chi connectivity index (χ1) is 21.8. The average molecular weight is 610 g/mol. The summed E-state index contributed by atoms with van der Waals surface area (Å²) in [5.74, 6) is 0.790. The van der Waals surface area contributed by atoms with E-state index < -0.39 is 0 Å². The molecule has 0 spiro atoms. The third-order valence-electron chi connectivity index (χ3n) is 9.11. The molecule has 11 nitrogen and oxygen atoms in total. The Hall–Kier alpha value is -4.48. The molecule has 236 valence electrons. The lowest BCUT2D eigenvalue weighted by atomic mass is 10.0. The van der Waals surface area contributed by atoms with Gasteiger partial charge in [0.1, 0.15) is 5.75 Å². The minimum absolute atomic E-state index is 0.269. The fourth-order valence-electron chi connectivity index (χ4n) is 6.50. The Morgan fingerprint density at radius 1 is 1.04 bits per heavy atom. The fourth-order valence-corrected chi connectivity index (χ4v) is 6.50. The van der Waals surface area contributed by atoms with Crippen LogP contribution in [0.3, 0.4) is 0 Å². The number of fused-ring (bicyclic) bond motifs is 1. The van der Waals surface area contributed by atoms with Crippen LogP contribution >= 0.6 is 0 Å². The molecule has 2 aromatic carbocycles. The van der Waals surface area contributed by atoms with E-state index in [0.29, 0.717) is 35.2 Å². The fraction of sp³-hybridized carbons (Fsp3) is 0.412. The molecule has 0 saturated carbocycles. The largest absolute Gasteiger partial charge is 0.494 e. The maximum absolute atomic E-state index is 12.5. The van der Waals surface area contributed by atoms with Crippen LogP contribution in [0.25, 0.3) is 22.2 Å². The van der Waals surface area contributed by atoms with Crippen molar-refractivity contribution in [2.45, 2.75) is 38.8 Å².